The van der Waals surface area contributed by atoms with Crippen molar-refractivity contribution in [1.29, 1.82) is 0 Å². The van der Waals surface area contributed by atoms with Gasteiger partial charge in [0.1, 0.15) is 117 Å². The molecular weight excluding hydrogens is 1760 g/mol. The Bertz CT molecular complexity index is 7100. The molecular formula is C105H105N25O9. The summed E-state index contributed by atoms with van der Waals surface area (Å²) in [5.74, 6) is 9.28. The van der Waals surface area contributed by atoms with Gasteiger partial charge in [-0.2, -0.15) is 20.4 Å². The number of fused-ring (bicyclic) bond motifs is 4. The fourth-order valence-electron chi connectivity index (χ4n) is 17.5. The van der Waals surface area contributed by atoms with E-state index >= 15 is 0 Å². The number of anilines is 4. The van der Waals surface area contributed by atoms with Crippen molar-refractivity contribution in [3.63, 3.8) is 0 Å². The average Bonchev–Trinajstić information content (AvgIpc) is 1.62. The van der Waals surface area contributed by atoms with Gasteiger partial charge < -0.3 is 71.1 Å². The number of para-hydroxylation sites is 4. The lowest BCUT2D eigenvalue weighted by molar-refractivity contribution is -0.128. The van der Waals surface area contributed by atoms with Gasteiger partial charge in [-0.3, -0.25) is 19.2 Å². The molecule has 20 rings (SSSR count). The van der Waals surface area contributed by atoms with Gasteiger partial charge in [0.2, 0.25) is 17.7 Å². The maximum atomic E-state index is 12.8. The Labute approximate surface area is 802 Å². The Kier molecular flexibility index (Phi) is 29.6. The lowest BCUT2D eigenvalue weighted by Crippen LogP contribution is -2.40. The van der Waals surface area contributed by atoms with Crippen LogP contribution < -0.4 is 41.9 Å². The lowest BCUT2D eigenvalue weighted by Gasteiger charge is -2.32. The molecule has 8 aromatic heterocycles. The molecule has 16 aromatic rings. The first-order valence-corrected chi connectivity index (χ1v) is 45.9. The maximum absolute atomic E-state index is 12.8. The van der Waals surface area contributed by atoms with E-state index in [1.54, 1.807) is 35.1 Å². The van der Waals surface area contributed by atoms with Crippen LogP contribution in [0.25, 0.3) is 89.2 Å². The number of nitrogens with two attached hydrogens (primary N) is 4. The first kappa shape index (κ1) is 93.7. The summed E-state index contributed by atoms with van der Waals surface area (Å²) in [4.78, 5) is 93.7. The third-order valence-corrected chi connectivity index (χ3v) is 24.2. The lowest BCUT2D eigenvalue weighted by atomic mass is 10.1. The van der Waals surface area contributed by atoms with E-state index in [0.29, 0.717) is 148 Å². The number of carbonyl (C=O) groups excluding carboxylic acids is 4. The SMILES string of the molecule is C#CC(=O)N1CCCC(n2nc(-c3ccc(Oc4ccccc4)cc3)c3c(N)ncnc32)C1.C=CC(=O)N1CCC[C@@H](n2nc(-c3ccc(Oc4ccccc4)cc3)c3c(N)ncnc32)C1.CN(C)C/C=C/C(=O)N1CCCC(n2nc(-c3ccc(Oc4ccccc4)cc3)c3c(N)ncnc32)C1.COC/C=C/C(=O)N1CCCC(n2nc(-c3ccc(Oc4ccccc4)cc3)c3c(N)ncnc32)C1. The monoisotopic (exact) mass is 1860 g/mol. The zero-order valence-electron chi connectivity index (χ0n) is 77.2. The van der Waals surface area contributed by atoms with Gasteiger partial charge in [-0.25, -0.2) is 58.6 Å². The van der Waals surface area contributed by atoms with Crippen molar-refractivity contribution >= 4 is 91.0 Å². The molecule has 4 saturated heterocycles. The van der Waals surface area contributed by atoms with Crippen LogP contribution in [0.1, 0.15) is 75.5 Å². The van der Waals surface area contributed by atoms with E-state index in [9.17, 15) is 19.2 Å². The van der Waals surface area contributed by atoms with Gasteiger partial charge >= 0.3 is 0 Å². The van der Waals surface area contributed by atoms with Crippen molar-refractivity contribution in [2.45, 2.75) is 75.5 Å². The molecule has 0 spiro atoms. The van der Waals surface area contributed by atoms with Gasteiger partial charge in [-0.1, -0.05) is 91.5 Å². The van der Waals surface area contributed by atoms with E-state index in [1.165, 1.54) is 31.4 Å². The van der Waals surface area contributed by atoms with E-state index in [4.69, 9.17) is 73.4 Å². The number of aromatic nitrogens is 16. The number of nitrogen functional groups attached to an aromatic ring is 4. The second-order valence-corrected chi connectivity index (χ2v) is 33.9. The molecule has 4 amide bonds. The molecule has 0 radical (unpaired) electrons. The molecule has 8 N–H and O–H groups in total. The molecule has 34 heteroatoms. The second-order valence-electron chi connectivity index (χ2n) is 33.9. The third-order valence-electron chi connectivity index (χ3n) is 24.2. The van der Waals surface area contributed by atoms with E-state index < -0.39 is 0 Å². The summed E-state index contributed by atoms with van der Waals surface area (Å²) in [6, 6.07) is 69.2. The number of amides is 4. The highest BCUT2D eigenvalue weighted by molar-refractivity contribution is 6.02. The third kappa shape index (κ3) is 22.1. The molecule has 4 fully saturated rings. The highest BCUT2D eigenvalue weighted by Crippen LogP contribution is 2.42. The fraction of sp³-hybridized carbons (Fsp3) is 0.238. The van der Waals surface area contributed by atoms with Crippen molar-refractivity contribution in [3.8, 4) is 103 Å². The molecule has 4 atom stereocenters. The highest BCUT2D eigenvalue weighted by Gasteiger charge is 2.34. The molecule has 0 saturated carbocycles. The summed E-state index contributed by atoms with van der Waals surface area (Å²) in [6.07, 6.45) is 26.4. The van der Waals surface area contributed by atoms with Crippen LogP contribution in [-0.4, -0.2) is 214 Å². The van der Waals surface area contributed by atoms with E-state index in [-0.39, 0.29) is 47.8 Å². The molecule has 4 aliphatic rings. The zero-order chi connectivity index (χ0) is 96.3. The number of terminal acetylenes is 1. The largest absolute Gasteiger partial charge is 0.457 e. The summed E-state index contributed by atoms with van der Waals surface area (Å²) in [5.41, 5.74) is 34.1. The smallest absolute Gasteiger partial charge is 0.298 e. The summed E-state index contributed by atoms with van der Waals surface area (Å²) in [6.45, 7) is 9.67. The van der Waals surface area contributed by atoms with Crippen molar-refractivity contribution in [3.05, 3.63) is 281 Å². The molecule has 12 heterocycles. The average molecular weight is 1860 g/mol. The number of likely N-dealkylation sites (tertiary alicyclic amines) is 4. The quantitative estimate of drug-likeness (QED) is 0.0341. The van der Waals surface area contributed by atoms with Crippen LogP contribution in [0.4, 0.5) is 23.3 Å². The molecule has 139 heavy (non-hydrogen) atoms. The number of piperidine rings is 4. The number of hydrogen-bond acceptors (Lipinski definition) is 26. The summed E-state index contributed by atoms with van der Waals surface area (Å²) in [7, 11) is 5.55. The number of ether oxygens (including phenoxy) is 5. The van der Waals surface area contributed by atoms with Crippen molar-refractivity contribution < 1.29 is 42.9 Å². The summed E-state index contributed by atoms with van der Waals surface area (Å²) < 4.78 is 36.2. The Morgan fingerprint density at radius 2 is 0.633 bits per heavy atom. The predicted octanol–water partition coefficient (Wildman–Crippen LogP) is 16.3. The van der Waals surface area contributed by atoms with Gasteiger partial charge in [-0.05, 0) is 223 Å². The molecule has 34 nitrogen and oxygen atoms in total. The predicted molar refractivity (Wildman–Crippen MR) is 534 cm³/mol. The minimum absolute atomic E-state index is 0.00566. The van der Waals surface area contributed by atoms with Crippen LogP contribution in [0.3, 0.4) is 0 Å². The van der Waals surface area contributed by atoms with Crippen LogP contribution in [0, 0.1) is 12.3 Å². The zero-order valence-corrected chi connectivity index (χ0v) is 77.2. The van der Waals surface area contributed by atoms with E-state index in [2.05, 4.69) is 52.4 Å². The van der Waals surface area contributed by atoms with Crippen LogP contribution in [0.2, 0.25) is 0 Å². The number of methoxy groups -OCH3 is 1. The number of rotatable bonds is 23. The molecule has 8 aromatic carbocycles. The van der Waals surface area contributed by atoms with Crippen LogP contribution in [0.5, 0.6) is 46.0 Å². The number of benzene rings is 8. The topological polar surface area (TPSA) is 409 Å². The van der Waals surface area contributed by atoms with Crippen LogP contribution in [-0.2, 0) is 23.9 Å². The van der Waals surface area contributed by atoms with Crippen molar-refractivity contribution in [1.82, 2.24) is 103 Å². The van der Waals surface area contributed by atoms with Crippen LogP contribution >= 0.6 is 0 Å². The minimum Gasteiger partial charge on any atom is -0.457 e. The van der Waals surface area contributed by atoms with Gasteiger partial charge in [0.15, 0.2) is 22.6 Å². The molecule has 704 valence electrons. The van der Waals surface area contributed by atoms with Gasteiger partial charge in [-0.15, -0.1) is 6.42 Å². The van der Waals surface area contributed by atoms with E-state index in [1.807, 2.05) is 272 Å². The number of nitrogens with zero attached hydrogens (tertiary/aromatic N) is 21. The first-order chi connectivity index (χ1) is 67.9. The Morgan fingerprint density at radius 3 is 0.899 bits per heavy atom. The molecule has 0 bridgehead atoms. The Hall–Kier alpha value is -17.1. The maximum Gasteiger partial charge on any atom is 0.298 e. The number of carbonyl (C=O) groups is 4. The van der Waals surface area contributed by atoms with Crippen LogP contribution in [0.15, 0.2) is 281 Å². The summed E-state index contributed by atoms with van der Waals surface area (Å²) >= 11 is 0. The second kappa shape index (κ2) is 44.0. The van der Waals surface area contributed by atoms with Gasteiger partial charge in [0.05, 0.1) is 52.3 Å². The van der Waals surface area contributed by atoms with Crippen molar-refractivity contribution in [2.75, 3.05) is 110 Å². The molecule has 3 unspecified atom stereocenters. The van der Waals surface area contributed by atoms with Gasteiger partial charge in [0, 0.05) is 100 Å². The fourth-order valence-corrected chi connectivity index (χ4v) is 17.5. The summed E-state index contributed by atoms with van der Waals surface area (Å²) in [5, 5.41) is 22.5. The Morgan fingerprint density at radius 1 is 0.374 bits per heavy atom. The molecule has 0 aliphatic carbocycles. The first-order valence-electron chi connectivity index (χ1n) is 45.9. The highest BCUT2D eigenvalue weighted by atomic mass is 16.5. The Balaban J connectivity index is 0.000000128. The van der Waals surface area contributed by atoms with E-state index in [0.717, 1.165) is 127 Å². The molecule has 4 aliphatic heterocycles. The standard InChI is InChI=1S/C28H31N7O2.C27H28N6O3.C25H24N6O2.C25H22N6O2/c1-33(2)16-7-11-24(36)34-17-6-8-21(18-34)35-28-25(27(29)30-19-31-28)26(32-35)20-12-14-23(15-13-20)37-22-9-4-3-5-10-22;1-35-16-6-10-23(34)32-15-5-7-20(17-32)33-27-24(26(28)29-18-30-27)25(31-33)19-11-13-22(14-12-19)36-21-8-3-2-4-9-21;2*1-2-21(32)30-14-6-7-18(15-30)31-25-22(24(26)27-16-28-25)23(29-31)17-10-12-20(13-11-17)33-19-8-4-3-5-9-19/h3-5,7,9-15,19,21H,6,8,16-18H2,1-2H3,(H2,29,30,31);2-4,6,8-14,18,20H,5,7,15-17H2,1H3,(H2,28,29,30);2-5,8-13,16,18H,1,6-7,14-15H2,(H2,26,27,28);1,3-5,8-13,16,18H,6-7,14-15H2,(H2,26,27,28)/b11-7+;10-6+;;/t;;18-;/m..1./s1. The van der Waals surface area contributed by atoms with Crippen molar-refractivity contribution in [2.24, 2.45) is 0 Å². The normalized spacial score (nSPS) is 16.0. The minimum atomic E-state index is -0.306. The number of hydrogen-bond donors (Lipinski definition) is 4. The van der Waals surface area contributed by atoms with Gasteiger partial charge in [0.25, 0.3) is 5.91 Å². The number of likely N-dealkylation sites (N-methyl/N-ethyl adjacent to an activating group) is 1.